The smallest absolute Gasteiger partial charge is 0.207 e. The number of hydrazone groups is 2. The third kappa shape index (κ3) is 9.55. The molecule has 0 atom stereocenters. The van der Waals surface area contributed by atoms with Crippen molar-refractivity contribution in [2.45, 2.75) is 35.5 Å². The SMILES string of the molecule is Cc1ccc(S(=O)(=O)N/N=C(/CN(C/C(=N/NS(=O)(=O)c2ccc(C)cc2)c2ccccc2)S(=O)(=O)c2ccc(C)cc2)c2ccccc2)cc1. The van der Waals surface area contributed by atoms with Gasteiger partial charge in [0.15, 0.2) is 0 Å². The Morgan fingerprint density at radius 3 is 1.12 bits per heavy atom. The molecule has 11 nitrogen and oxygen atoms in total. The molecule has 0 aromatic heterocycles. The summed E-state index contributed by atoms with van der Waals surface area (Å²) in [7, 11) is -12.6. The molecule has 0 spiro atoms. The fourth-order valence-electron chi connectivity index (χ4n) is 4.83. The lowest BCUT2D eigenvalue weighted by molar-refractivity contribution is 0.488. The van der Waals surface area contributed by atoms with Crippen molar-refractivity contribution in [3.05, 3.63) is 161 Å². The summed E-state index contributed by atoms with van der Waals surface area (Å²) in [6.07, 6.45) is 0. The molecule has 0 aliphatic heterocycles. The maximum Gasteiger partial charge on any atom is 0.276 e. The molecule has 0 aliphatic carbocycles. The van der Waals surface area contributed by atoms with Crippen molar-refractivity contribution in [1.82, 2.24) is 14.0 Å². The first-order valence-electron chi connectivity index (χ1n) is 15.7. The van der Waals surface area contributed by atoms with E-state index in [0.29, 0.717) is 11.1 Å². The molecule has 264 valence electrons. The van der Waals surface area contributed by atoms with Gasteiger partial charge in [0.1, 0.15) is 0 Å². The summed E-state index contributed by atoms with van der Waals surface area (Å²) in [5.74, 6) is 0. The summed E-state index contributed by atoms with van der Waals surface area (Å²) in [5.41, 5.74) is 3.64. The Hall–Kier alpha value is -5.15. The molecule has 2 N–H and O–H groups in total. The van der Waals surface area contributed by atoms with Crippen molar-refractivity contribution in [2.24, 2.45) is 10.2 Å². The molecule has 0 fully saturated rings. The van der Waals surface area contributed by atoms with E-state index < -0.39 is 43.2 Å². The number of benzene rings is 5. The van der Waals surface area contributed by atoms with Crippen LogP contribution >= 0.6 is 0 Å². The minimum absolute atomic E-state index is 0.0206. The minimum atomic E-state index is -4.33. The number of rotatable bonds is 14. The second-order valence-corrected chi connectivity index (χ2v) is 17.0. The Bertz CT molecular complexity index is 2220. The first kappa shape index (κ1) is 37.1. The van der Waals surface area contributed by atoms with E-state index in [-0.39, 0.29) is 26.1 Å². The number of hydrogen-bond acceptors (Lipinski definition) is 8. The second kappa shape index (κ2) is 15.8. The van der Waals surface area contributed by atoms with Gasteiger partial charge in [-0.2, -0.15) is 41.0 Å². The first-order valence-corrected chi connectivity index (χ1v) is 20.1. The number of nitrogens with one attached hydrogen (secondary N) is 2. The summed E-state index contributed by atoms with van der Waals surface area (Å²) < 4.78 is 83.0. The van der Waals surface area contributed by atoms with Crippen molar-refractivity contribution in [2.75, 3.05) is 13.1 Å². The van der Waals surface area contributed by atoms with Crippen LogP contribution in [0, 0.1) is 20.8 Å². The fourth-order valence-corrected chi connectivity index (χ4v) is 7.86. The number of aryl methyl sites for hydroxylation is 3. The van der Waals surface area contributed by atoms with Crippen LogP contribution in [-0.2, 0) is 30.1 Å². The van der Waals surface area contributed by atoms with E-state index in [1.165, 1.54) is 36.4 Å². The lowest BCUT2D eigenvalue weighted by Crippen LogP contribution is -2.41. The summed E-state index contributed by atoms with van der Waals surface area (Å²) in [6.45, 7) is 4.65. The van der Waals surface area contributed by atoms with Crippen LogP contribution in [0.4, 0.5) is 0 Å². The van der Waals surface area contributed by atoms with Crippen LogP contribution in [-0.4, -0.2) is 54.1 Å². The van der Waals surface area contributed by atoms with E-state index in [1.807, 2.05) is 20.8 Å². The van der Waals surface area contributed by atoms with Crippen LogP contribution < -0.4 is 9.66 Å². The summed E-state index contributed by atoms with van der Waals surface area (Å²) in [4.78, 5) is 4.46. The van der Waals surface area contributed by atoms with Gasteiger partial charge in [0.2, 0.25) is 10.0 Å². The third-order valence-corrected chi connectivity index (χ3v) is 12.0. The molecule has 5 rings (SSSR count). The largest absolute Gasteiger partial charge is 0.276 e. The van der Waals surface area contributed by atoms with E-state index in [9.17, 15) is 25.3 Å². The zero-order chi connectivity index (χ0) is 36.6. The molecule has 5 aromatic rings. The Kier molecular flexibility index (Phi) is 11.5. The Labute approximate surface area is 299 Å². The summed E-state index contributed by atoms with van der Waals surface area (Å²) in [5, 5.41) is 8.52. The van der Waals surface area contributed by atoms with Crippen LogP contribution in [0.25, 0.3) is 0 Å². The molecule has 51 heavy (non-hydrogen) atoms. The first-order chi connectivity index (χ1) is 24.2. The minimum Gasteiger partial charge on any atom is -0.207 e. The van der Waals surface area contributed by atoms with Gasteiger partial charge in [-0.15, -0.1) is 0 Å². The van der Waals surface area contributed by atoms with Crippen molar-refractivity contribution < 1.29 is 25.3 Å². The van der Waals surface area contributed by atoms with E-state index >= 15 is 0 Å². The van der Waals surface area contributed by atoms with Crippen LogP contribution in [0.5, 0.6) is 0 Å². The Morgan fingerprint density at radius 1 is 0.471 bits per heavy atom. The van der Waals surface area contributed by atoms with Gasteiger partial charge in [-0.05, 0) is 68.3 Å². The highest BCUT2D eigenvalue weighted by molar-refractivity contribution is 7.90. The Morgan fingerprint density at radius 2 is 0.784 bits per heavy atom. The molecule has 0 saturated carbocycles. The predicted octanol–water partition coefficient (Wildman–Crippen LogP) is 5.37. The van der Waals surface area contributed by atoms with Gasteiger partial charge in [0.05, 0.1) is 39.2 Å². The van der Waals surface area contributed by atoms with Gasteiger partial charge in [-0.1, -0.05) is 114 Å². The highest BCUT2D eigenvalue weighted by Gasteiger charge is 2.29. The topological polar surface area (TPSA) is 154 Å². The molecular weight excluding hydrogens is 707 g/mol. The van der Waals surface area contributed by atoms with E-state index in [2.05, 4.69) is 19.9 Å². The maximum atomic E-state index is 14.4. The van der Waals surface area contributed by atoms with Crippen LogP contribution in [0.1, 0.15) is 27.8 Å². The van der Waals surface area contributed by atoms with E-state index in [1.54, 1.807) is 97.1 Å². The fraction of sp³-hybridized carbons (Fsp3) is 0.135. The van der Waals surface area contributed by atoms with Crippen LogP contribution in [0.3, 0.4) is 0 Å². The molecule has 0 heterocycles. The van der Waals surface area contributed by atoms with Gasteiger partial charge >= 0.3 is 0 Å². The molecule has 5 aromatic carbocycles. The molecule has 0 bridgehead atoms. The molecular formula is C37H37N5O6S3. The number of hydrogen-bond donors (Lipinski definition) is 2. The highest BCUT2D eigenvalue weighted by atomic mass is 32.2. The average Bonchev–Trinajstić information content (AvgIpc) is 3.12. The van der Waals surface area contributed by atoms with Crippen molar-refractivity contribution in [3.8, 4) is 0 Å². The van der Waals surface area contributed by atoms with Crippen molar-refractivity contribution in [3.63, 3.8) is 0 Å². The molecule has 0 aliphatic rings. The quantitative estimate of drug-likeness (QED) is 0.115. The van der Waals surface area contributed by atoms with Gasteiger partial charge in [-0.3, -0.25) is 0 Å². The lowest BCUT2D eigenvalue weighted by Gasteiger charge is -2.24. The average molecular weight is 744 g/mol. The van der Waals surface area contributed by atoms with Gasteiger partial charge < -0.3 is 0 Å². The predicted molar refractivity (Wildman–Crippen MR) is 199 cm³/mol. The van der Waals surface area contributed by atoms with E-state index in [4.69, 9.17) is 0 Å². The van der Waals surface area contributed by atoms with Crippen LogP contribution in [0.15, 0.2) is 158 Å². The molecule has 0 saturated heterocycles. The number of nitrogens with zero attached hydrogens (tertiary/aromatic N) is 3. The monoisotopic (exact) mass is 743 g/mol. The van der Waals surface area contributed by atoms with Crippen LogP contribution in [0.2, 0.25) is 0 Å². The second-order valence-electron chi connectivity index (χ2n) is 11.8. The normalized spacial score (nSPS) is 12.9. The van der Waals surface area contributed by atoms with E-state index in [0.717, 1.165) is 21.0 Å². The zero-order valence-corrected chi connectivity index (χ0v) is 30.6. The molecule has 14 heteroatoms. The molecule has 0 unspecified atom stereocenters. The van der Waals surface area contributed by atoms with Gasteiger partial charge in [0.25, 0.3) is 20.0 Å². The van der Waals surface area contributed by atoms with Gasteiger partial charge in [0, 0.05) is 0 Å². The molecule has 0 radical (unpaired) electrons. The molecule has 0 amide bonds. The number of sulfonamides is 3. The third-order valence-electron chi connectivity index (χ3n) is 7.79. The lowest BCUT2D eigenvalue weighted by atomic mass is 10.1. The van der Waals surface area contributed by atoms with Crippen molar-refractivity contribution >= 4 is 41.5 Å². The van der Waals surface area contributed by atoms with Crippen molar-refractivity contribution in [1.29, 1.82) is 0 Å². The highest BCUT2D eigenvalue weighted by Crippen LogP contribution is 2.20. The zero-order valence-electron chi connectivity index (χ0n) is 28.1. The standard InChI is InChI=1S/C37H37N5O6S3/c1-28-14-20-33(21-15-28)49(43,44)40-38-36(31-10-6-4-7-11-31)26-42(51(47,48)35-24-18-30(3)19-25-35)27-37(32-12-8-5-9-13-32)39-41-50(45,46)34-22-16-29(2)17-23-34/h4-25,40-41H,26-27H2,1-3H3/b38-36-,39-37-. The summed E-state index contributed by atoms with van der Waals surface area (Å²) >= 11 is 0. The summed E-state index contributed by atoms with van der Waals surface area (Å²) in [6, 6.07) is 35.8. The maximum absolute atomic E-state index is 14.4. The Balaban J connectivity index is 1.60. The van der Waals surface area contributed by atoms with Gasteiger partial charge in [-0.25, -0.2) is 8.42 Å².